The molecule has 0 radical (unpaired) electrons. The molecule has 0 saturated carbocycles. The molecule has 4 nitrogen and oxygen atoms in total. The van der Waals surface area contributed by atoms with E-state index in [1.807, 2.05) is 6.07 Å². The number of phenols is 1. The molecule has 0 spiro atoms. The number of unbranched alkanes of at least 4 members (excludes halogenated alkanes) is 1. The molecule has 1 aromatic heterocycles. The number of carbonyl (C=O) groups excluding carboxylic acids is 1. The van der Waals surface area contributed by atoms with E-state index in [4.69, 9.17) is 5.26 Å². The van der Waals surface area contributed by atoms with Crippen molar-refractivity contribution in [3.05, 3.63) is 34.3 Å². The maximum absolute atomic E-state index is 11.4. The average Bonchev–Trinajstić information content (AvgIpc) is 2.90. The number of nitrogens with zero attached hydrogens (tertiary/aromatic N) is 2. The van der Waals surface area contributed by atoms with Gasteiger partial charge in [0.05, 0.1) is 16.1 Å². The van der Waals surface area contributed by atoms with Crippen LogP contribution in [-0.2, 0) is 0 Å². The van der Waals surface area contributed by atoms with Crippen molar-refractivity contribution in [3.63, 3.8) is 0 Å². The van der Waals surface area contributed by atoms with Crippen LogP contribution in [0.2, 0.25) is 0 Å². The van der Waals surface area contributed by atoms with Crippen LogP contribution < -0.4 is 0 Å². The van der Waals surface area contributed by atoms with Gasteiger partial charge in [-0.05, 0) is 25.1 Å². The topological polar surface area (TPSA) is 74.0 Å². The summed E-state index contributed by atoms with van der Waals surface area (Å²) in [7, 11) is 0. The Morgan fingerprint density at radius 1 is 1.36 bits per heavy atom. The molecule has 0 fully saturated rings. The molecular formula is C17H20N2O2S. The maximum atomic E-state index is 11.4. The number of hydrogen-bond acceptors (Lipinski definition) is 5. The van der Waals surface area contributed by atoms with E-state index in [2.05, 4.69) is 18.8 Å². The molecule has 0 aliphatic carbocycles. The Kier molecular flexibility index (Phi) is 6.74. The highest BCUT2D eigenvalue weighted by molar-refractivity contribution is 7.17. The van der Waals surface area contributed by atoms with Gasteiger partial charge in [0.25, 0.3) is 0 Å². The van der Waals surface area contributed by atoms with Gasteiger partial charge in [-0.3, -0.25) is 4.79 Å². The third kappa shape index (κ3) is 4.40. The molecule has 2 rings (SSSR count). The van der Waals surface area contributed by atoms with Gasteiger partial charge in [0.15, 0.2) is 5.78 Å². The number of phenolic OH excluding ortho intramolecular Hbond substituents is 1. The number of Topliss-reactive ketones (excluding diaryl/α,β-unsaturated/α-hetero) is 1. The van der Waals surface area contributed by atoms with E-state index in [0.717, 1.165) is 5.56 Å². The summed E-state index contributed by atoms with van der Waals surface area (Å²) in [5.74, 6) is -0.0724. The fourth-order valence-electron chi connectivity index (χ4n) is 1.61. The number of hydrogen-bond donors (Lipinski definition) is 1. The van der Waals surface area contributed by atoms with E-state index >= 15 is 0 Å². The van der Waals surface area contributed by atoms with Crippen LogP contribution in [0.25, 0.3) is 10.6 Å². The summed E-state index contributed by atoms with van der Waals surface area (Å²) in [5.41, 5.74) is 1.61. The smallest absolute Gasteiger partial charge is 0.171 e. The lowest BCUT2D eigenvalue weighted by molar-refractivity contribution is 0.102. The Bertz CT molecular complexity index is 697. The highest BCUT2D eigenvalue weighted by Crippen LogP contribution is 2.30. The SMILES string of the molecule is CC(=O)c1sc(-c2ccc(O)c(C#N)c2)nc1C.CCCC. The lowest BCUT2D eigenvalue weighted by atomic mass is 10.1. The van der Waals surface area contributed by atoms with E-state index < -0.39 is 0 Å². The van der Waals surface area contributed by atoms with E-state index in [-0.39, 0.29) is 17.1 Å². The van der Waals surface area contributed by atoms with Crippen molar-refractivity contribution in [1.29, 1.82) is 5.26 Å². The normalized spacial score (nSPS) is 9.59. The first-order valence-electron chi connectivity index (χ1n) is 7.16. The summed E-state index contributed by atoms with van der Waals surface area (Å²) in [6.45, 7) is 7.64. The van der Waals surface area contributed by atoms with Crippen molar-refractivity contribution in [3.8, 4) is 22.4 Å². The fraction of sp³-hybridized carbons (Fsp3) is 0.353. The minimum atomic E-state index is -0.0543. The molecule has 0 saturated heterocycles. The van der Waals surface area contributed by atoms with Crippen LogP contribution >= 0.6 is 11.3 Å². The van der Waals surface area contributed by atoms with Crippen molar-refractivity contribution < 1.29 is 9.90 Å². The Balaban J connectivity index is 0.000000541. The zero-order chi connectivity index (χ0) is 16.7. The number of thiazole rings is 1. The summed E-state index contributed by atoms with van der Waals surface area (Å²) >= 11 is 1.29. The third-order valence-electron chi connectivity index (χ3n) is 2.98. The van der Waals surface area contributed by atoms with Gasteiger partial charge in [0.1, 0.15) is 16.8 Å². The summed E-state index contributed by atoms with van der Waals surface area (Å²) in [6.07, 6.45) is 2.64. The van der Waals surface area contributed by atoms with Gasteiger partial charge in [0, 0.05) is 12.5 Å². The summed E-state index contributed by atoms with van der Waals surface area (Å²) in [5, 5.41) is 19.0. The molecule has 116 valence electrons. The Morgan fingerprint density at radius 3 is 2.45 bits per heavy atom. The van der Waals surface area contributed by atoms with Crippen molar-refractivity contribution in [1.82, 2.24) is 4.98 Å². The monoisotopic (exact) mass is 316 g/mol. The van der Waals surface area contributed by atoms with E-state index in [1.54, 1.807) is 19.1 Å². The molecule has 1 heterocycles. The first-order valence-corrected chi connectivity index (χ1v) is 7.98. The van der Waals surface area contributed by atoms with Crippen LogP contribution in [0, 0.1) is 18.3 Å². The van der Waals surface area contributed by atoms with Crippen LogP contribution in [0.1, 0.15) is 54.5 Å². The van der Waals surface area contributed by atoms with Gasteiger partial charge in [-0.25, -0.2) is 4.98 Å². The van der Waals surface area contributed by atoms with Gasteiger partial charge in [-0.15, -0.1) is 11.3 Å². The molecule has 0 amide bonds. The Morgan fingerprint density at radius 2 is 2.00 bits per heavy atom. The van der Waals surface area contributed by atoms with Gasteiger partial charge >= 0.3 is 0 Å². The van der Waals surface area contributed by atoms with Crippen molar-refractivity contribution in [2.24, 2.45) is 0 Å². The highest BCUT2D eigenvalue weighted by Gasteiger charge is 2.13. The zero-order valence-electron chi connectivity index (χ0n) is 13.3. The minimum absolute atomic E-state index is 0.0180. The van der Waals surface area contributed by atoms with Crippen LogP contribution in [0.15, 0.2) is 18.2 Å². The number of carbonyl (C=O) groups is 1. The highest BCUT2D eigenvalue weighted by atomic mass is 32.1. The Hall–Kier alpha value is -2.19. The van der Waals surface area contributed by atoms with Gasteiger partial charge < -0.3 is 5.11 Å². The first-order chi connectivity index (χ1) is 10.4. The van der Waals surface area contributed by atoms with Crippen LogP contribution in [0.4, 0.5) is 0 Å². The van der Waals surface area contributed by atoms with Gasteiger partial charge in [-0.2, -0.15) is 5.26 Å². The maximum Gasteiger partial charge on any atom is 0.171 e. The standard InChI is InChI=1S/C13H10N2O2S.C4H10/c1-7-12(8(2)16)18-13(15-7)9-3-4-11(17)10(5-9)6-14;1-3-4-2/h3-5,17H,1-2H3;3-4H2,1-2H3. The van der Waals surface area contributed by atoms with Gasteiger partial charge in [-0.1, -0.05) is 26.7 Å². The molecule has 2 aromatic rings. The number of aromatic nitrogens is 1. The first kappa shape index (κ1) is 17.9. The number of benzene rings is 1. The third-order valence-corrected chi connectivity index (χ3v) is 4.29. The number of aromatic hydroxyl groups is 1. The quantitative estimate of drug-likeness (QED) is 0.832. The second-order valence-electron chi connectivity index (χ2n) is 4.83. The Labute approximate surface area is 135 Å². The average molecular weight is 316 g/mol. The van der Waals surface area contributed by atoms with Crippen LogP contribution in [-0.4, -0.2) is 15.9 Å². The van der Waals surface area contributed by atoms with E-state index in [0.29, 0.717) is 15.6 Å². The van der Waals surface area contributed by atoms with Crippen molar-refractivity contribution in [2.75, 3.05) is 0 Å². The molecule has 0 aliphatic heterocycles. The summed E-state index contributed by atoms with van der Waals surface area (Å²) in [6, 6.07) is 6.61. The zero-order valence-corrected chi connectivity index (χ0v) is 14.1. The summed E-state index contributed by atoms with van der Waals surface area (Å²) in [4.78, 5) is 16.3. The predicted octanol–water partition coefficient (Wildman–Crippen LogP) is 4.70. The number of aryl methyl sites for hydroxylation is 1. The lowest BCUT2D eigenvalue weighted by Gasteiger charge is -1.99. The van der Waals surface area contributed by atoms with Gasteiger partial charge in [0.2, 0.25) is 0 Å². The van der Waals surface area contributed by atoms with Crippen LogP contribution in [0.3, 0.4) is 0 Å². The molecule has 1 aromatic carbocycles. The lowest BCUT2D eigenvalue weighted by Crippen LogP contribution is -1.89. The molecular weight excluding hydrogens is 296 g/mol. The molecule has 0 atom stereocenters. The molecule has 1 N–H and O–H groups in total. The number of nitriles is 1. The second kappa shape index (κ2) is 8.30. The summed E-state index contributed by atoms with van der Waals surface area (Å²) < 4.78 is 0. The predicted molar refractivity (Wildman–Crippen MR) is 89.3 cm³/mol. The van der Waals surface area contributed by atoms with Crippen molar-refractivity contribution in [2.45, 2.75) is 40.5 Å². The van der Waals surface area contributed by atoms with E-state index in [1.165, 1.54) is 37.2 Å². The molecule has 0 aliphatic rings. The van der Waals surface area contributed by atoms with Crippen LogP contribution in [0.5, 0.6) is 5.75 Å². The minimum Gasteiger partial charge on any atom is -0.507 e. The van der Waals surface area contributed by atoms with Crippen molar-refractivity contribution >= 4 is 17.1 Å². The molecule has 5 heteroatoms. The van der Waals surface area contributed by atoms with E-state index in [9.17, 15) is 9.90 Å². The molecule has 0 unspecified atom stereocenters. The number of ketones is 1. The fourth-order valence-corrected chi connectivity index (χ4v) is 2.56. The molecule has 22 heavy (non-hydrogen) atoms. The molecule has 0 bridgehead atoms. The second-order valence-corrected chi connectivity index (χ2v) is 5.83. The number of rotatable bonds is 3. The largest absolute Gasteiger partial charge is 0.507 e.